The maximum atomic E-state index is 11.9. The van der Waals surface area contributed by atoms with Gasteiger partial charge in [-0.15, -0.1) is 5.10 Å². The minimum atomic E-state index is -0.484. The Bertz CT molecular complexity index is 835. The van der Waals surface area contributed by atoms with Gasteiger partial charge in [0.25, 0.3) is 5.95 Å². The van der Waals surface area contributed by atoms with Crippen molar-refractivity contribution in [2.45, 2.75) is 0 Å². The second-order valence-corrected chi connectivity index (χ2v) is 5.40. The van der Waals surface area contributed by atoms with Crippen molar-refractivity contribution in [1.82, 2.24) is 15.2 Å². The lowest BCUT2D eigenvalue weighted by atomic mass is 10.2. The van der Waals surface area contributed by atoms with Crippen LogP contribution in [0.5, 0.6) is 0 Å². The van der Waals surface area contributed by atoms with Crippen LogP contribution in [0.25, 0.3) is 11.4 Å². The zero-order chi connectivity index (χ0) is 16.2. The van der Waals surface area contributed by atoms with Gasteiger partial charge in [0.1, 0.15) is 0 Å². The summed E-state index contributed by atoms with van der Waals surface area (Å²) in [6, 6.07) is 13.8. The summed E-state index contributed by atoms with van der Waals surface area (Å²) in [5.74, 6) is 0.733. The molecule has 0 fully saturated rings. The van der Waals surface area contributed by atoms with Crippen LogP contribution in [0.2, 0.25) is 10.0 Å². The lowest BCUT2D eigenvalue weighted by Crippen LogP contribution is -2.20. The highest BCUT2D eigenvalue weighted by Gasteiger charge is 2.09. The number of rotatable bonds is 3. The summed E-state index contributed by atoms with van der Waals surface area (Å²) in [4.78, 5) is 16.1. The van der Waals surface area contributed by atoms with Crippen molar-refractivity contribution >= 4 is 40.9 Å². The first-order valence-electron chi connectivity index (χ1n) is 6.63. The average Bonchev–Trinajstić information content (AvgIpc) is 3.00. The molecule has 116 valence electrons. The van der Waals surface area contributed by atoms with Gasteiger partial charge in [-0.1, -0.05) is 53.5 Å². The fourth-order valence-corrected chi connectivity index (χ4v) is 2.18. The molecule has 0 unspecified atom stereocenters. The van der Waals surface area contributed by atoms with Crippen LogP contribution >= 0.6 is 23.2 Å². The number of amides is 2. The van der Waals surface area contributed by atoms with Gasteiger partial charge in [-0.2, -0.15) is 4.98 Å². The molecule has 8 heteroatoms. The maximum Gasteiger partial charge on any atom is 0.326 e. The number of carbonyl (C=O) groups is 1. The molecular weight excluding hydrogens is 337 g/mol. The predicted octanol–water partition coefficient (Wildman–Crippen LogP) is 4.42. The topological polar surface area (TPSA) is 82.7 Å². The van der Waals surface area contributed by atoms with E-state index in [2.05, 4.69) is 25.8 Å². The van der Waals surface area contributed by atoms with Crippen molar-refractivity contribution in [3.8, 4) is 11.4 Å². The molecular formula is C15H11Cl2N5O. The van der Waals surface area contributed by atoms with Crippen LogP contribution < -0.4 is 10.6 Å². The van der Waals surface area contributed by atoms with Gasteiger partial charge in [0.05, 0.1) is 10.0 Å². The molecule has 2 amide bonds. The SMILES string of the molecule is O=C(Nc1ccc(Cl)c(Cl)c1)Nc1n[nH]c(-c2ccccc2)n1. The third-order valence-corrected chi connectivity index (χ3v) is 3.67. The molecule has 6 nitrogen and oxygen atoms in total. The summed E-state index contributed by atoms with van der Waals surface area (Å²) in [5, 5.41) is 12.6. The second-order valence-electron chi connectivity index (χ2n) is 4.58. The molecule has 0 atom stereocenters. The molecule has 0 bridgehead atoms. The van der Waals surface area contributed by atoms with Crippen LogP contribution in [0.4, 0.5) is 16.4 Å². The molecule has 0 saturated heterocycles. The van der Waals surface area contributed by atoms with Crippen LogP contribution in [0.3, 0.4) is 0 Å². The standard InChI is InChI=1S/C15H11Cl2N5O/c16-11-7-6-10(8-12(11)17)18-15(23)20-14-19-13(21-22-14)9-4-2-1-3-5-9/h1-8H,(H3,18,19,20,21,22,23). The molecule has 2 aromatic carbocycles. The number of hydrogen-bond donors (Lipinski definition) is 3. The van der Waals surface area contributed by atoms with Crippen molar-refractivity contribution in [3.05, 3.63) is 58.6 Å². The molecule has 0 radical (unpaired) electrons. The third-order valence-electron chi connectivity index (χ3n) is 2.94. The normalized spacial score (nSPS) is 10.3. The molecule has 0 aliphatic carbocycles. The van der Waals surface area contributed by atoms with E-state index in [-0.39, 0.29) is 5.95 Å². The molecule has 0 aliphatic rings. The zero-order valence-corrected chi connectivity index (χ0v) is 13.2. The van der Waals surface area contributed by atoms with E-state index in [4.69, 9.17) is 23.2 Å². The van der Waals surface area contributed by atoms with Gasteiger partial charge in [-0.05, 0) is 18.2 Å². The minimum Gasteiger partial charge on any atom is -0.308 e. The Hall–Kier alpha value is -2.57. The molecule has 3 aromatic rings. The van der Waals surface area contributed by atoms with E-state index in [1.54, 1.807) is 18.2 Å². The molecule has 1 aromatic heterocycles. The van der Waals surface area contributed by atoms with Gasteiger partial charge in [0, 0.05) is 11.3 Å². The predicted molar refractivity (Wildman–Crippen MR) is 90.9 cm³/mol. The van der Waals surface area contributed by atoms with Crippen LogP contribution in [0, 0.1) is 0 Å². The van der Waals surface area contributed by atoms with Gasteiger partial charge < -0.3 is 5.32 Å². The maximum absolute atomic E-state index is 11.9. The molecule has 0 aliphatic heterocycles. The lowest BCUT2D eigenvalue weighted by molar-refractivity contribution is 0.262. The van der Waals surface area contributed by atoms with E-state index >= 15 is 0 Å². The fourth-order valence-electron chi connectivity index (χ4n) is 1.88. The summed E-state index contributed by atoms with van der Waals surface area (Å²) < 4.78 is 0. The summed E-state index contributed by atoms with van der Waals surface area (Å²) in [6.07, 6.45) is 0. The van der Waals surface area contributed by atoms with E-state index < -0.39 is 6.03 Å². The molecule has 3 rings (SSSR count). The minimum absolute atomic E-state index is 0.168. The molecule has 23 heavy (non-hydrogen) atoms. The van der Waals surface area contributed by atoms with Crippen LogP contribution in [0.1, 0.15) is 0 Å². The number of benzene rings is 2. The molecule has 1 heterocycles. The Kier molecular flexibility index (Phi) is 4.45. The Morgan fingerprint density at radius 2 is 1.78 bits per heavy atom. The Balaban J connectivity index is 1.66. The van der Waals surface area contributed by atoms with E-state index in [1.165, 1.54) is 0 Å². The zero-order valence-electron chi connectivity index (χ0n) is 11.7. The van der Waals surface area contributed by atoms with Gasteiger partial charge in [0.2, 0.25) is 0 Å². The summed E-state index contributed by atoms with van der Waals surface area (Å²) >= 11 is 11.7. The number of nitrogens with one attached hydrogen (secondary N) is 3. The highest BCUT2D eigenvalue weighted by atomic mass is 35.5. The van der Waals surface area contributed by atoms with Gasteiger partial charge in [0.15, 0.2) is 5.82 Å². The largest absolute Gasteiger partial charge is 0.326 e. The Morgan fingerprint density at radius 1 is 1.00 bits per heavy atom. The summed E-state index contributed by atoms with van der Waals surface area (Å²) in [6.45, 7) is 0. The first kappa shape index (κ1) is 15.3. The quantitative estimate of drug-likeness (QED) is 0.655. The van der Waals surface area contributed by atoms with E-state index in [0.717, 1.165) is 5.56 Å². The Labute approximate surface area is 141 Å². The summed E-state index contributed by atoms with van der Waals surface area (Å²) in [5.41, 5.74) is 1.38. The van der Waals surface area contributed by atoms with Gasteiger partial charge in [-0.25, -0.2) is 4.79 Å². The highest BCUT2D eigenvalue weighted by molar-refractivity contribution is 6.42. The van der Waals surface area contributed by atoms with Crippen molar-refractivity contribution < 1.29 is 4.79 Å². The first-order valence-corrected chi connectivity index (χ1v) is 7.38. The second kappa shape index (κ2) is 6.68. The van der Waals surface area contributed by atoms with Crippen LogP contribution in [-0.2, 0) is 0 Å². The van der Waals surface area contributed by atoms with Crippen molar-refractivity contribution in [3.63, 3.8) is 0 Å². The van der Waals surface area contributed by atoms with E-state index in [9.17, 15) is 4.79 Å². The van der Waals surface area contributed by atoms with Gasteiger partial charge in [-0.3, -0.25) is 10.4 Å². The number of H-pyrrole nitrogens is 1. The highest BCUT2D eigenvalue weighted by Crippen LogP contribution is 2.25. The molecule has 3 N–H and O–H groups in total. The Morgan fingerprint density at radius 3 is 2.52 bits per heavy atom. The average molecular weight is 348 g/mol. The lowest BCUT2D eigenvalue weighted by Gasteiger charge is -2.05. The third kappa shape index (κ3) is 3.80. The summed E-state index contributed by atoms with van der Waals surface area (Å²) in [7, 11) is 0. The van der Waals surface area contributed by atoms with E-state index in [0.29, 0.717) is 21.6 Å². The number of aromatic nitrogens is 3. The van der Waals surface area contributed by atoms with Gasteiger partial charge >= 0.3 is 6.03 Å². The first-order chi connectivity index (χ1) is 11.1. The molecule has 0 saturated carbocycles. The van der Waals surface area contributed by atoms with Crippen LogP contribution in [-0.4, -0.2) is 21.2 Å². The van der Waals surface area contributed by atoms with Crippen molar-refractivity contribution in [2.24, 2.45) is 0 Å². The number of nitrogens with zero attached hydrogens (tertiary/aromatic N) is 2. The van der Waals surface area contributed by atoms with E-state index in [1.807, 2.05) is 30.3 Å². The monoisotopic (exact) mass is 347 g/mol. The number of hydrogen-bond acceptors (Lipinski definition) is 3. The number of aromatic amines is 1. The number of carbonyl (C=O) groups excluding carboxylic acids is 1. The smallest absolute Gasteiger partial charge is 0.308 e. The fraction of sp³-hybridized carbons (Fsp3) is 0. The number of halogens is 2. The molecule has 0 spiro atoms. The van der Waals surface area contributed by atoms with Crippen LogP contribution in [0.15, 0.2) is 48.5 Å². The number of anilines is 2. The van der Waals surface area contributed by atoms with Crippen molar-refractivity contribution in [2.75, 3.05) is 10.6 Å². The van der Waals surface area contributed by atoms with Crippen molar-refractivity contribution in [1.29, 1.82) is 0 Å². The number of urea groups is 1.